The van der Waals surface area contributed by atoms with Crippen molar-refractivity contribution >= 4 is 11.8 Å². The van der Waals surface area contributed by atoms with Crippen LogP contribution in [0, 0.1) is 5.92 Å². The van der Waals surface area contributed by atoms with Crippen LogP contribution < -0.4 is 15.4 Å². The number of hydrogen-bond acceptors (Lipinski definition) is 4. The molecule has 2 amide bonds. The minimum atomic E-state index is -0.310. The van der Waals surface area contributed by atoms with Gasteiger partial charge in [-0.15, -0.1) is 0 Å². The molecule has 1 heterocycles. The number of ether oxygens (including phenoxy) is 1. The Bertz CT molecular complexity index is 844. The zero-order valence-corrected chi connectivity index (χ0v) is 18.6. The molecule has 3 rings (SSSR count). The third kappa shape index (κ3) is 6.31. The maximum absolute atomic E-state index is 12.8. The van der Waals surface area contributed by atoms with Gasteiger partial charge in [-0.3, -0.25) is 9.59 Å². The SMILES string of the molecule is COc1ccc(C(=O)NC(CNC(=O)C2CCN(C(C)C)CC2)c2ccccc2)cc1. The molecule has 166 valence electrons. The normalized spacial score (nSPS) is 16.0. The van der Waals surface area contributed by atoms with Crippen molar-refractivity contribution in [3.8, 4) is 5.75 Å². The quantitative estimate of drug-likeness (QED) is 0.683. The van der Waals surface area contributed by atoms with Gasteiger partial charge < -0.3 is 20.3 Å². The molecule has 1 aliphatic heterocycles. The van der Waals surface area contributed by atoms with E-state index in [0.29, 0.717) is 23.9 Å². The highest BCUT2D eigenvalue weighted by Crippen LogP contribution is 2.20. The summed E-state index contributed by atoms with van der Waals surface area (Å²) in [7, 11) is 1.59. The first-order valence-electron chi connectivity index (χ1n) is 11.0. The molecule has 1 atom stereocenters. The van der Waals surface area contributed by atoms with Gasteiger partial charge >= 0.3 is 0 Å². The number of nitrogens with one attached hydrogen (secondary N) is 2. The van der Waals surface area contributed by atoms with E-state index in [0.717, 1.165) is 31.5 Å². The third-order valence-electron chi connectivity index (χ3n) is 5.97. The number of methoxy groups -OCH3 is 1. The van der Waals surface area contributed by atoms with Crippen LogP contribution in [0.25, 0.3) is 0 Å². The summed E-state index contributed by atoms with van der Waals surface area (Å²) in [6.07, 6.45) is 1.75. The fourth-order valence-electron chi connectivity index (χ4n) is 3.95. The van der Waals surface area contributed by atoms with E-state index in [1.165, 1.54) is 0 Å². The standard InChI is InChI=1S/C25H33N3O3/c1-18(2)28-15-13-21(14-16-28)24(29)26-17-23(19-7-5-4-6-8-19)27-25(30)20-9-11-22(31-3)12-10-20/h4-12,18,21,23H,13-17H2,1-3H3,(H,26,29)(H,27,30). The Balaban J connectivity index is 1.61. The van der Waals surface area contributed by atoms with Crippen LogP contribution in [0.5, 0.6) is 5.75 Å². The molecule has 6 heteroatoms. The summed E-state index contributed by atoms with van der Waals surface area (Å²) < 4.78 is 5.16. The molecule has 1 saturated heterocycles. The smallest absolute Gasteiger partial charge is 0.251 e. The summed E-state index contributed by atoms with van der Waals surface area (Å²) in [6, 6.07) is 16.9. The van der Waals surface area contributed by atoms with Crippen molar-refractivity contribution in [1.29, 1.82) is 0 Å². The molecule has 2 aromatic carbocycles. The van der Waals surface area contributed by atoms with Crippen LogP contribution in [0.15, 0.2) is 54.6 Å². The van der Waals surface area contributed by atoms with Crippen molar-refractivity contribution in [3.05, 3.63) is 65.7 Å². The Hall–Kier alpha value is -2.86. The second-order valence-corrected chi connectivity index (χ2v) is 8.31. The Morgan fingerprint density at radius 1 is 1.03 bits per heavy atom. The van der Waals surface area contributed by atoms with Gasteiger partial charge in [0.25, 0.3) is 5.91 Å². The topological polar surface area (TPSA) is 70.7 Å². The molecule has 1 unspecified atom stereocenters. The molecule has 0 radical (unpaired) electrons. The van der Waals surface area contributed by atoms with Crippen molar-refractivity contribution < 1.29 is 14.3 Å². The molecular formula is C25H33N3O3. The number of nitrogens with zero attached hydrogens (tertiary/aromatic N) is 1. The van der Waals surface area contributed by atoms with Crippen molar-refractivity contribution in [2.45, 2.75) is 38.8 Å². The molecule has 2 N–H and O–H groups in total. The number of carbonyl (C=O) groups excluding carboxylic acids is 2. The number of benzene rings is 2. The monoisotopic (exact) mass is 423 g/mol. The van der Waals surface area contributed by atoms with Gasteiger partial charge in [-0.2, -0.15) is 0 Å². The molecule has 0 spiro atoms. The van der Waals surface area contributed by atoms with E-state index < -0.39 is 0 Å². The summed E-state index contributed by atoms with van der Waals surface area (Å²) in [5.74, 6) is 0.620. The molecule has 6 nitrogen and oxygen atoms in total. The number of hydrogen-bond donors (Lipinski definition) is 2. The van der Waals surface area contributed by atoms with E-state index in [2.05, 4.69) is 29.4 Å². The van der Waals surface area contributed by atoms with Crippen LogP contribution in [0.1, 0.15) is 48.7 Å². The zero-order valence-electron chi connectivity index (χ0n) is 18.6. The maximum atomic E-state index is 12.8. The molecule has 0 aromatic heterocycles. The third-order valence-corrected chi connectivity index (χ3v) is 5.97. The lowest BCUT2D eigenvalue weighted by Crippen LogP contribution is -2.45. The molecule has 0 bridgehead atoms. The fraction of sp³-hybridized carbons (Fsp3) is 0.440. The summed E-state index contributed by atoms with van der Waals surface area (Å²) in [5, 5.41) is 6.14. The Morgan fingerprint density at radius 3 is 2.26 bits per heavy atom. The predicted molar refractivity (Wildman–Crippen MR) is 122 cm³/mol. The van der Waals surface area contributed by atoms with Crippen molar-refractivity contribution in [1.82, 2.24) is 15.5 Å². The Kier molecular flexibility index (Phi) is 8.06. The first-order chi connectivity index (χ1) is 15.0. The summed E-state index contributed by atoms with van der Waals surface area (Å²) in [4.78, 5) is 28.0. The Morgan fingerprint density at radius 2 is 1.68 bits per heavy atom. The summed E-state index contributed by atoms with van der Waals surface area (Å²) >= 11 is 0. The lowest BCUT2D eigenvalue weighted by Gasteiger charge is -2.34. The number of likely N-dealkylation sites (tertiary alicyclic amines) is 1. The highest BCUT2D eigenvalue weighted by molar-refractivity contribution is 5.94. The number of piperidine rings is 1. The molecule has 31 heavy (non-hydrogen) atoms. The van der Waals surface area contributed by atoms with Gasteiger partial charge in [-0.1, -0.05) is 30.3 Å². The highest BCUT2D eigenvalue weighted by atomic mass is 16.5. The lowest BCUT2D eigenvalue weighted by atomic mass is 9.95. The lowest BCUT2D eigenvalue weighted by molar-refractivity contribution is -0.126. The highest BCUT2D eigenvalue weighted by Gasteiger charge is 2.26. The molecule has 0 aliphatic carbocycles. The van der Waals surface area contributed by atoms with Crippen LogP contribution in [-0.4, -0.2) is 49.5 Å². The van der Waals surface area contributed by atoms with Crippen LogP contribution in [0.4, 0.5) is 0 Å². The Labute approximate surface area is 185 Å². The molecule has 0 saturated carbocycles. The molecule has 1 aliphatic rings. The minimum Gasteiger partial charge on any atom is -0.497 e. The van der Waals surface area contributed by atoms with Crippen LogP contribution in [0.2, 0.25) is 0 Å². The van der Waals surface area contributed by atoms with Crippen LogP contribution >= 0.6 is 0 Å². The first kappa shape index (κ1) is 22.8. The van der Waals surface area contributed by atoms with Gasteiger partial charge in [0.15, 0.2) is 0 Å². The van der Waals surface area contributed by atoms with E-state index in [9.17, 15) is 9.59 Å². The van der Waals surface area contributed by atoms with Gasteiger partial charge in [0.1, 0.15) is 5.75 Å². The predicted octanol–water partition coefficient (Wildman–Crippen LogP) is 3.40. The number of carbonyl (C=O) groups is 2. The van der Waals surface area contributed by atoms with Crippen LogP contribution in [-0.2, 0) is 4.79 Å². The van der Waals surface area contributed by atoms with Gasteiger partial charge in [0.2, 0.25) is 5.91 Å². The fourth-order valence-corrected chi connectivity index (χ4v) is 3.95. The number of rotatable bonds is 8. The van der Waals surface area contributed by atoms with E-state index >= 15 is 0 Å². The van der Waals surface area contributed by atoms with E-state index in [-0.39, 0.29) is 23.8 Å². The summed E-state index contributed by atoms with van der Waals surface area (Å²) in [5.41, 5.74) is 1.51. The number of amides is 2. The first-order valence-corrected chi connectivity index (χ1v) is 11.0. The summed E-state index contributed by atoms with van der Waals surface area (Å²) in [6.45, 7) is 6.64. The van der Waals surface area contributed by atoms with Gasteiger partial charge in [0.05, 0.1) is 13.2 Å². The van der Waals surface area contributed by atoms with E-state index in [1.54, 1.807) is 31.4 Å². The van der Waals surface area contributed by atoms with Gasteiger partial charge in [0, 0.05) is 24.1 Å². The van der Waals surface area contributed by atoms with E-state index in [1.807, 2.05) is 30.3 Å². The van der Waals surface area contributed by atoms with E-state index in [4.69, 9.17) is 4.74 Å². The van der Waals surface area contributed by atoms with Crippen molar-refractivity contribution in [2.24, 2.45) is 5.92 Å². The largest absolute Gasteiger partial charge is 0.497 e. The molecular weight excluding hydrogens is 390 g/mol. The zero-order chi connectivity index (χ0) is 22.2. The van der Waals surface area contributed by atoms with Gasteiger partial charge in [-0.05, 0) is 69.6 Å². The minimum absolute atomic E-state index is 0.0312. The average molecular weight is 424 g/mol. The second kappa shape index (κ2) is 11.0. The van der Waals surface area contributed by atoms with Crippen LogP contribution in [0.3, 0.4) is 0 Å². The average Bonchev–Trinajstić information content (AvgIpc) is 2.82. The van der Waals surface area contributed by atoms with Crippen molar-refractivity contribution in [3.63, 3.8) is 0 Å². The van der Waals surface area contributed by atoms with Crippen molar-refractivity contribution in [2.75, 3.05) is 26.7 Å². The molecule has 1 fully saturated rings. The van der Waals surface area contributed by atoms with Gasteiger partial charge in [-0.25, -0.2) is 0 Å². The second-order valence-electron chi connectivity index (χ2n) is 8.31. The maximum Gasteiger partial charge on any atom is 0.251 e. The molecule has 2 aromatic rings.